The molecule has 0 saturated heterocycles. The summed E-state index contributed by atoms with van der Waals surface area (Å²) in [4.78, 5) is 8.39. The summed E-state index contributed by atoms with van der Waals surface area (Å²) < 4.78 is 0. The Morgan fingerprint density at radius 1 is 0.844 bits per heavy atom. The van der Waals surface area contributed by atoms with E-state index in [9.17, 15) is 0 Å². The number of nitrogens with one attached hydrogen (secondary N) is 1. The first-order valence-corrected chi connectivity index (χ1v) is 11.6. The Hall–Kier alpha value is -3.39. The van der Waals surface area contributed by atoms with Crippen molar-refractivity contribution in [2.75, 3.05) is 0 Å². The van der Waals surface area contributed by atoms with Gasteiger partial charge in [0.1, 0.15) is 5.82 Å². The molecule has 1 aromatic heterocycles. The third kappa shape index (κ3) is 4.05. The minimum absolute atomic E-state index is 0.536. The molecular formula is C30H30N2. The molecule has 0 aliphatic carbocycles. The van der Waals surface area contributed by atoms with Crippen LogP contribution in [0.15, 0.2) is 78.9 Å². The minimum Gasteiger partial charge on any atom is -0.342 e. The van der Waals surface area contributed by atoms with Crippen LogP contribution >= 0.6 is 0 Å². The molecule has 0 saturated carbocycles. The van der Waals surface area contributed by atoms with Crippen molar-refractivity contribution in [2.24, 2.45) is 0 Å². The van der Waals surface area contributed by atoms with E-state index in [1.54, 1.807) is 0 Å². The number of nitrogens with zero attached hydrogens (tertiary/aromatic N) is 1. The van der Waals surface area contributed by atoms with Crippen LogP contribution in [-0.4, -0.2) is 9.97 Å². The standard InChI is InChI=1S/C30H30N2/c1-20(2)25-12-7-10-23-15-14-22(18-27(23)25)9-6-13-30-31-28-17-16-24(19-29(28)32-30)26-11-5-4-8-21(26)3/h4-5,7-8,10-12,14-20H,6,9,13H2,1-3H3,(H,31,32). The first kappa shape index (κ1) is 20.5. The number of imidazole rings is 1. The van der Waals surface area contributed by atoms with Crippen molar-refractivity contribution in [1.29, 1.82) is 0 Å². The van der Waals surface area contributed by atoms with Crippen molar-refractivity contribution in [3.05, 3.63) is 101 Å². The highest BCUT2D eigenvalue weighted by Gasteiger charge is 2.08. The molecule has 160 valence electrons. The average Bonchev–Trinajstić information content (AvgIpc) is 3.21. The first-order valence-electron chi connectivity index (χ1n) is 11.6. The van der Waals surface area contributed by atoms with Crippen LogP contribution in [0.5, 0.6) is 0 Å². The summed E-state index contributed by atoms with van der Waals surface area (Å²) in [6, 6.07) is 28.6. The molecule has 1 N–H and O–H groups in total. The predicted octanol–water partition coefficient (Wildman–Crippen LogP) is 7.99. The number of aryl methyl sites for hydroxylation is 3. The molecular weight excluding hydrogens is 388 g/mol. The van der Waals surface area contributed by atoms with Crippen molar-refractivity contribution in [3.8, 4) is 11.1 Å². The number of hydrogen-bond acceptors (Lipinski definition) is 1. The van der Waals surface area contributed by atoms with E-state index in [4.69, 9.17) is 4.98 Å². The molecule has 0 aliphatic rings. The summed E-state index contributed by atoms with van der Waals surface area (Å²) in [5.74, 6) is 1.61. The van der Waals surface area contributed by atoms with E-state index in [1.165, 1.54) is 38.6 Å². The fraction of sp³-hybridized carbons (Fsp3) is 0.233. The lowest BCUT2D eigenvalue weighted by Gasteiger charge is -2.11. The minimum atomic E-state index is 0.536. The summed E-state index contributed by atoms with van der Waals surface area (Å²) in [5, 5.41) is 2.73. The van der Waals surface area contributed by atoms with Gasteiger partial charge in [-0.05, 0) is 76.4 Å². The molecule has 32 heavy (non-hydrogen) atoms. The van der Waals surface area contributed by atoms with Crippen molar-refractivity contribution in [3.63, 3.8) is 0 Å². The quantitative estimate of drug-likeness (QED) is 0.297. The summed E-state index contributed by atoms with van der Waals surface area (Å²) in [6.07, 6.45) is 3.10. The van der Waals surface area contributed by atoms with Crippen molar-refractivity contribution in [1.82, 2.24) is 9.97 Å². The zero-order valence-electron chi connectivity index (χ0n) is 19.2. The molecule has 1 heterocycles. The smallest absolute Gasteiger partial charge is 0.107 e. The van der Waals surface area contributed by atoms with Crippen LogP contribution in [0.25, 0.3) is 32.9 Å². The van der Waals surface area contributed by atoms with E-state index in [0.29, 0.717) is 5.92 Å². The molecule has 0 radical (unpaired) electrons. The van der Waals surface area contributed by atoms with Gasteiger partial charge < -0.3 is 4.98 Å². The normalized spacial score (nSPS) is 11.6. The van der Waals surface area contributed by atoms with E-state index < -0.39 is 0 Å². The zero-order valence-corrected chi connectivity index (χ0v) is 19.2. The lowest BCUT2D eigenvalue weighted by atomic mass is 9.94. The van der Waals surface area contributed by atoms with Crippen LogP contribution in [0.2, 0.25) is 0 Å². The van der Waals surface area contributed by atoms with Gasteiger partial charge in [-0.1, -0.05) is 80.6 Å². The lowest BCUT2D eigenvalue weighted by molar-refractivity contribution is 0.786. The highest BCUT2D eigenvalue weighted by atomic mass is 14.9. The number of rotatable bonds is 6. The second-order valence-corrected chi connectivity index (χ2v) is 9.14. The second-order valence-electron chi connectivity index (χ2n) is 9.14. The molecule has 5 aromatic rings. The van der Waals surface area contributed by atoms with Crippen LogP contribution < -0.4 is 0 Å². The summed E-state index contributed by atoms with van der Waals surface area (Å²) in [6.45, 7) is 6.70. The Bertz CT molecular complexity index is 1390. The van der Waals surface area contributed by atoms with Gasteiger partial charge in [-0.25, -0.2) is 4.98 Å². The van der Waals surface area contributed by atoms with Gasteiger partial charge in [-0.3, -0.25) is 0 Å². The number of fused-ring (bicyclic) bond motifs is 2. The Balaban J connectivity index is 1.31. The Kier molecular flexibility index (Phi) is 5.53. The number of hydrogen-bond donors (Lipinski definition) is 1. The number of aromatic amines is 1. The average molecular weight is 419 g/mol. The molecule has 2 heteroatoms. The van der Waals surface area contributed by atoms with Crippen LogP contribution in [0, 0.1) is 6.92 Å². The molecule has 0 unspecified atom stereocenters. The van der Waals surface area contributed by atoms with Gasteiger partial charge in [0.25, 0.3) is 0 Å². The second kappa shape index (κ2) is 8.63. The third-order valence-corrected chi connectivity index (χ3v) is 6.47. The van der Waals surface area contributed by atoms with Gasteiger partial charge in [0.2, 0.25) is 0 Å². The fourth-order valence-electron chi connectivity index (χ4n) is 4.71. The molecule has 0 aliphatic heterocycles. The van der Waals surface area contributed by atoms with E-state index >= 15 is 0 Å². The van der Waals surface area contributed by atoms with E-state index in [1.807, 2.05) is 0 Å². The number of H-pyrrole nitrogens is 1. The highest BCUT2D eigenvalue weighted by Crippen LogP contribution is 2.28. The zero-order chi connectivity index (χ0) is 22.1. The van der Waals surface area contributed by atoms with Gasteiger partial charge in [-0.2, -0.15) is 0 Å². The maximum atomic E-state index is 4.83. The summed E-state index contributed by atoms with van der Waals surface area (Å²) in [5.41, 5.74) is 8.82. The van der Waals surface area contributed by atoms with E-state index in [-0.39, 0.29) is 0 Å². The molecule has 5 rings (SSSR count). The summed E-state index contributed by atoms with van der Waals surface area (Å²) in [7, 11) is 0. The largest absolute Gasteiger partial charge is 0.342 e. The molecule has 0 bridgehead atoms. The van der Waals surface area contributed by atoms with Gasteiger partial charge in [0, 0.05) is 6.42 Å². The van der Waals surface area contributed by atoms with Crippen LogP contribution in [0.3, 0.4) is 0 Å². The highest BCUT2D eigenvalue weighted by molar-refractivity contribution is 5.87. The van der Waals surface area contributed by atoms with E-state index in [2.05, 4.69) is 105 Å². The first-order chi connectivity index (χ1) is 15.6. The maximum Gasteiger partial charge on any atom is 0.107 e. The van der Waals surface area contributed by atoms with Crippen molar-refractivity contribution in [2.45, 2.75) is 46.0 Å². The SMILES string of the molecule is Cc1ccccc1-c1ccc2nc(CCCc3ccc4cccc(C(C)C)c4c3)[nH]c2c1. The van der Waals surface area contributed by atoms with Crippen LogP contribution in [-0.2, 0) is 12.8 Å². The fourth-order valence-corrected chi connectivity index (χ4v) is 4.71. The Morgan fingerprint density at radius 3 is 2.56 bits per heavy atom. The third-order valence-electron chi connectivity index (χ3n) is 6.47. The van der Waals surface area contributed by atoms with Gasteiger partial charge >= 0.3 is 0 Å². The van der Waals surface area contributed by atoms with Crippen molar-refractivity contribution >= 4 is 21.8 Å². The molecule has 0 amide bonds. The van der Waals surface area contributed by atoms with Crippen LogP contribution in [0.1, 0.15) is 48.7 Å². The monoisotopic (exact) mass is 418 g/mol. The van der Waals surface area contributed by atoms with Gasteiger partial charge in [0.05, 0.1) is 11.0 Å². The van der Waals surface area contributed by atoms with Crippen LogP contribution in [0.4, 0.5) is 0 Å². The topological polar surface area (TPSA) is 28.7 Å². The Morgan fingerprint density at radius 2 is 1.72 bits per heavy atom. The Labute approximate surface area is 190 Å². The summed E-state index contributed by atoms with van der Waals surface area (Å²) >= 11 is 0. The molecule has 0 atom stereocenters. The van der Waals surface area contributed by atoms with Gasteiger partial charge in [0.15, 0.2) is 0 Å². The van der Waals surface area contributed by atoms with Gasteiger partial charge in [-0.15, -0.1) is 0 Å². The van der Waals surface area contributed by atoms with E-state index in [0.717, 1.165) is 36.1 Å². The maximum absolute atomic E-state index is 4.83. The molecule has 0 fully saturated rings. The molecule has 4 aromatic carbocycles. The van der Waals surface area contributed by atoms with Crippen molar-refractivity contribution < 1.29 is 0 Å². The predicted molar refractivity (Wildman–Crippen MR) is 136 cm³/mol. The molecule has 0 spiro atoms. The molecule has 2 nitrogen and oxygen atoms in total. The lowest BCUT2D eigenvalue weighted by Crippen LogP contribution is -1.94. The number of benzene rings is 4. The number of aromatic nitrogens is 2.